The Morgan fingerprint density at radius 2 is 2.00 bits per heavy atom. The van der Waals surface area contributed by atoms with E-state index in [0.29, 0.717) is 6.04 Å². The molecule has 1 unspecified atom stereocenters. The third kappa shape index (κ3) is 6.53. The van der Waals surface area contributed by atoms with Gasteiger partial charge in [0, 0.05) is 19.1 Å². The van der Waals surface area contributed by atoms with E-state index >= 15 is 0 Å². The van der Waals surface area contributed by atoms with Crippen molar-refractivity contribution in [2.75, 3.05) is 26.2 Å². The normalized spacial score (nSPS) is 18.6. The molecule has 0 aromatic carbocycles. The van der Waals surface area contributed by atoms with Crippen molar-refractivity contribution >= 4 is 5.91 Å². The fourth-order valence-electron chi connectivity index (χ4n) is 2.42. The van der Waals surface area contributed by atoms with Crippen molar-refractivity contribution in [3.8, 4) is 0 Å². The second-order valence-electron chi connectivity index (χ2n) is 6.04. The number of rotatable bonds is 7. The Morgan fingerprint density at radius 3 is 2.55 bits per heavy atom. The van der Waals surface area contributed by atoms with Crippen LogP contribution >= 0.6 is 0 Å². The Balaban J connectivity index is 2.24. The molecule has 0 aromatic heterocycles. The summed E-state index contributed by atoms with van der Waals surface area (Å²) in [4.78, 5) is 14.3. The molecule has 1 heterocycles. The summed E-state index contributed by atoms with van der Waals surface area (Å²) in [5.74, 6) is 0.124. The van der Waals surface area contributed by atoms with Crippen LogP contribution in [-0.2, 0) is 4.79 Å². The van der Waals surface area contributed by atoms with E-state index < -0.39 is 0 Å². The van der Waals surface area contributed by atoms with Gasteiger partial charge in [-0.15, -0.1) is 0 Å². The zero-order chi connectivity index (χ0) is 15.0. The summed E-state index contributed by atoms with van der Waals surface area (Å²) in [6.45, 7) is 12.4. The molecule has 0 spiro atoms. The maximum Gasteiger partial charge on any atom is 0.236 e. The van der Waals surface area contributed by atoms with Gasteiger partial charge in [-0.05, 0) is 53.1 Å². The molecule has 1 rings (SSSR count). The molecule has 1 aliphatic heterocycles. The van der Waals surface area contributed by atoms with Gasteiger partial charge in [0.2, 0.25) is 5.91 Å². The SMILES string of the molecule is CCCNC(=O)C(C)NC1CCN(CC=C(C)C)CC1. The lowest BCUT2D eigenvalue weighted by Gasteiger charge is -2.33. The quantitative estimate of drug-likeness (QED) is 0.701. The first-order chi connectivity index (χ1) is 9.52. The summed E-state index contributed by atoms with van der Waals surface area (Å²) >= 11 is 0. The molecular weight excluding hydrogens is 250 g/mol. The Kier molecular flexibility index (Phi) is 7.85. The van der Waals surface area contributed by atoms with Crippen LogP contribution in [-0.4, -0.2) is 49.1 Å². The number of likely N-dealkylation sites (tertiary alicyclic amines) is 1. The Bertz CT molecular complexity index is 316. The lowest BCUT2D eigenvalue weighted by atomic mass is 10.0. The molecule has 0 aromatic rings. The molecule has 2 N–H and O–H groups in total. The molecule has 4 nitrogen and oxygen atoms in total. The van der Waals surface area contributed by atoms with E-state index in [1.807, 2.05) is 6.92 Å². The molecule has 1 fully saturated rings. The van der Waals surface area contributed by atoms with E-state index in [-0.39, 0.29) is 11.9 Å². The molecule has 1 saturated heterocycles. The number of piperidine rings is 1. The summed E-state index contributed by atoms with van der Waals surface area (Å²) in [6, 6.07) is 0.385. The Labute approximate surface area is 124 Å². The van der Waals surface area contributed by atoms with Gasteiger partial charge < -0.3 is 10.6 Å². The molecule has 20 heavy (non-hydrogen) atoms. The predicted octanol–water partition coefficient (Wildman–Crippen LogP) is 1.92. The van der Waals surface area contributed by atoms with Crippen LogP contribution < -0.4 is 10.6 Å². The lowest BCUT2D eigenvalue weighted by molar-refractivity contribution is -0.123. The van der Waals surface area contributed by atoms with Crippen LogP contribution in [0.5, 0.6) is 0 Å². The van der Waals surface area contributed by atoms with E-state index in [4.69, 9.17) is 0 Å². The van der Waals surface area contributed by atoms with Crippen LogP contribution in [0.15, 0.2) is 11.6 Å². The first-order valence-corrected chi connectivity index (χ1v) is 7.92. The highest BCUT2D eigenvalue weighted by Crippen LogP contribution is 2.11. The number of hydrogen-bond acceptors (Lipinski definition) is 3. The maximum absolute atomic E-state index is 11.8. The Hall–Kier alpha value is -0.870. The molecular formula is C16H31N3O. The molecule has 1 amide bonds. The molecule has 0 saturated carbocycles. The van der Waals surface area contributed by atoms with Crippen LogP contribution in [0.3, 0.4) is 0 Å². The van der Waals surface area contributed by atoms with Crippen LogP contribution in [0.25, 0.3) is 0 Å². The van der Waals surface area contributed by atoms with Gasteiger partial charge in [0.1, 0.15) is 0 Å². The number of carbonyl (C=O) groups excluding carboxylic acids is 1. The third-order valence-corrected chi connectivity index (χ3v) is 3.77. The van der Waals surface area contributed by atoms with Crippen LogP contribution in [0.2, 0.25) is 0 Å². The van der Waals surface area contributed by atoms with Crippen molar-refractivity contribution in [3.63, 3.8) is 0 Å². The van der Waals surface area contributed by atoms with Crippen molar-refractivity contribution in [1.29, 1.82) is 0 Å². The summed E-state index contributed by atoms with van der Waals surface area (Å²) in [5, 5.41) is 6.40. The van der Waals surface area contributed by atoms with Crippen LogP contribution in [0.1, 0.15) is 47.0 Å². The van der Waals surface area contributed by atoms with E-state index in [1.54, 1.807) is 0 Å². The molecule has 0 bridgehead atoms. The summed E-state index contributed by atoms with van der Waals surface area (Å²) in [7, 11) is 0. The van der Waals surface area contributed by atoms with Crippen molar-refractivity contribution in [2.24, 2.45) is 0 Å². The first-order valence-electron chi connectivity index (χ1n) is 7.92. The molecule has 4 heteroatoms. The standard InChI is InChI=1S/C16H31N3O/c1-5-9-17-16(20)14(4)18-15-7-11-19(12-8-15)10-6-13(2)3/h6,14-15,18H,5,7-12H2,1-4H3,(H,17,20). The van der Waals surface area contributed by atoms with Gasteiger partial charge in [-0.1, -0.05) is 18.6 Å². The highest BCUT2D eigenvalue weighted by atomic mass is 16.2. The minimum Gasteiger partial charge on any atom is -0.355 e. The molecule has 1 atom stereocenters. The van der Waals surface area contributed by atoms with E-state index in [1.165, 1.54) is 5.57 Å². The predicted molar refractivity (Wildman–Crippen MR) is 84.8 cm³/mol. The van der Waals surface area contributed by atoms with Gasteiger partial charge in [-0.2, -0.15) is 0 Å². The van der Waals surface area contributed by atoms with Gasteiger partial charge >= 0.3 is 0 Å². The fraction of sp³-hybridized carbons (Fsp3) is 0.812. The van der Waals surface area contributed by atoms with Gasteiger partial charge in [-0.3, -0.25) is 9.69 Å². The van der Waals surface area contributed by atoms with E-state index in [2.05, 4.69) is 42.4 Å². The topological polar surface area (TPSA) is 44.4 Å². The maximum atomic E-state index is 11.8. The number of carbonyl (C=O) groups is 1. The van der Waals surface area contributed by atoms with E-state index in [9.17, 15) is 4.79 Å². The smallest absolute Gasteiger partial charge is 0.236 e. The second kappa shape index (κ2) is 9.14. The molecule has 0 aliphatic carbocycles. The minimum atomic E-state index is -0.0871. The summed E-state index contributed by atoms with van der Waals surface area (Å²) < 4.78 is 0. The largest absolute Gasteiger partial charge is 0.355 e. The third-order valence-electron chi connectivity index (χ3n) is 3.77. The number of allylic oxidation sites excluding steroid dienone is 1. The van der Waals surface area contributed by atoms with Crippen molar-refractivity contribution in [1.82, 2.24) is 15.5 Å². The Morgan fingerprint density at radius 1 is 1.35 bits per heavy atom. The van der Waals surface area contributed by atoms with Gasteiger partial charge in [0.25, 0.3) is 0 Å². The van der Waals surface area contributed by atoms with Gasteiger partial charge in [0.05, 0.1) is 6.04 Å². The lowest BCUT2D eigenvalue weighted by Crippen LogP contribution is -2.50. The molecule has 0 radical (unpaired) electrons. The first kappa shape index (κ1) is 17.2. The van der Waals surface area contributed by atoms with Crippen molar-refractivity contribution in [2.45, 2.75) is 59.0 Å². The highest BCUT2D eigenvalue weighted by molar-refractivity contribution is 5.81. The average molecular weight is 281 g/mol. The fourth-order valence-corrected chi connectivity index (χ4v) is 2.42. The monoisotopic (exact) mass is 281 g/mol. The number of nitrogens with zero attached hydrogens (tertiary/aromatic N) is 1. The van der Waals surface area contributed by atoms with E-state index in [0.717, 1.165) is 45.4 Å². The van der Waals surface area contributed by atoms with Crippen molar-refractivity contribution in [3.05, 3.63) is 11.6 Å². The van der Waals surface area contributed by atoms with Crippen molar-refractivity contribution < 1.29 is 4.79 Å². The summed E-state index contributed by atoms with van der Waals surface area (Å²) in [5.41, 5.74) is 1.38. The summed E-state index contributed by atoms with van der Waals surface area (Å²) in [6.07, 6.45) is 5.53. The average Bonchev–Trinajstić information content (AvgIpc) is 2.43. The zero-order valence-electron chi connectivity index (χ0n) is 13.5. The van der Waals surface area contributed by atoms with Gasteiger partial charge in [0.15, 0.2) is 0 Å². The highest BCUT2D eigenvalue weighted by Gasteiger charge is 2.22. The van der Waals surface area contributed by atoms with Crippen LogP contribution in [0.4, 0.5) is 0 Å². The minimum absolute atomic E-state index is 0.0871. The second-order valence-corrected chi connectivity index (χ2v) is 6.04. The van der Waals surface area contributed by atoms with Gasteiger partial charge in [-0.25, -0.2) is 0 Å². The molecule has 116 valence electrons. The van der Waals surface area contributed by atoms with Crippen LogP contribution in [0, 0.1) is 0 Å². The molecule has 1 aliphatic rings. The zero-order valence-corrected chi connectivity index (χ0v) is 13.5. The number of hydrogen-bond donors (Lipinski definition) is 2. The number of amides is 1. The number of nitrogens with one attached hydrogen (secondary N) is 2.